The van der Waals surface area contributed by atoms with Crippen LogP contribution in [0, 0.1) is 0 Å². The predicted molar refractivity (Wildman–Crippen MR) is 80.4 cm³/mol. The third-order valence-corrected chi connectivity index (χ3v) is 3.73. The van der Waals surface area contributed by atoms with E-state index in [0.29, 0.717) is 5.11 Å². The third kappa shape index (κ3) is 2.96. The molecule has 1 aromatic carbocycles. The van der Waals surface area contributed by atoms with Crippen LogP contribution in [0.25, 0.3) is 0 Å². The van der Waals surface area contributed by atoms with Crippen LogP contribution >= 0.6 is 12.2 Å². The number of nitrogens with one attached hydrogen (secondary N) is 2. The van der Waals surface area contributed by atoms with Crippen LogP contribution in [-0.4, -0.2) is 30.7 Å². The van der Waals surface area contributed by atoms with E-state index in [0.717, 1.165) is 36.6 Å². The molecule has 2 N–H and O–H groups in total. The first-order valence-electron chi connectivity index (χ1n) is 6.81. The molecule has 0 radical (unpaired) electrons. The lowest BCUT2D eigenvalue weighted by atomic mass is 10.1. The summed E-state index contributed by atoms with van der Waals surface area (Å²) >= 11 is 5.33. The molecule has 0 unspecified atom stereocenters. The molecule has 20 heavy (non-hydrogen) atoms. The topological polar surface area (TPSA) is 51.8 Å². The summed E-state index contributed by atoms with van der Waals surface area (Å²) in [5, 5.41) is 7.01. The van der Waals surface area contributed by atoms with Gasteiger partial charge < -0.3 is 24.8 Å². The minimum atomic E-state index is 0.200. The lowest BCUT2D eigenvalue weighted by molar-refractivity contribution is 0.0895. The zero-order valence-electron chi connectivity index (χ0n) is 11.3. The van der Waals surface area contributed by atoms with Gasteiger partial charge in [0.15, 0.2) is 16.6 Å². The van der Waals surface area contributed by atoms with Crippen molar-refractivity contribution in [1.29, 1.82) is 0 Å². The number of rotatable bonds is 3. The number of anilines is 1. The second kappa shape index (κ2) is 5.85. The second-order valence-corrected chi connectivity index (χ2v) is 5.41. The highest BCUT2D eigenvalue weighted by Gasteiger charge is 2.22. The van der Waals surface area contributed by atoms with Crippen molar-refractivity contribution in [2.75, 3.05) is 18.7 Å². The van der Waals surface area contributed by atoms with E-state index < -0.39 is 0 Å². The monoisotopic (exact) mass is 294 g/mol. The molecule has 0 amide bonds. The third-order valence-electron chi connectivity index (χ3n) is 3.51. The number of ether oxygens (including phenoxy) is 3. The number of hydrogen-bond acceptors (Lipinski definition) is 4. The summed E-state index contributed by atoms with van der Waals surface area (Å²) in [6.45, 7) is 3.21. The summed E-state index contributed by atoms with van der Waals surface area (Å²) in [5.41, 5.74) is 0.881. The Hall–Kier alpha value is -1.53. The Balaban J connectivity index is 1.55. The molecule has 0 aliphatic carbocycles. The van der Waals surface area contributed by atoms with Gasteiger partial charge in [0, 0.05) is 18.4 Å². The normalized spacial score (nSPS) is 21.6. The molecule has 3 rings (SSSR count). The van der Waals surface area contributed by atoms with Crippen LogP contribution in [0.4, 0.5) is 5.69 Å². The Morgan fingerprint density at radius 2 is 2.20 bits per heavy atom. The van der Waals surface area contributed by atoms with Gasteiger partial charge in [0.1, 0.15) is 0 Å². The average Bonchev–Trinajstić information content (AvgIpc) is 3.09. The molecule has 2 aliphatic heterocycles. The fourth-order valence-corrected chi connectivity index (χ4v) is 2.74. The average molecular weight is 294 g/mol. The standard InChI is InChI=1S/C14H18N2O3S/c1-9(11-3-2-6-17-11)15-14(20)16-10-4-5-12-13(7-10)19-8-18-12/h4-5,7,9,11H,2-3,6,8H2,1H3,(H2,15,16,20)/t9-,11-/m1/s1. The fourth-order valence-electron chi connectivity index (χ4n) is 2.44. The van der Waals surface area contributed by atoms with E-state index in [9.17, 15) is 0 Å². The van der Waals surface area contributed by atoms with Gasteiger partial charge in [-0.3, -0.25) is 0 Å². The minimum Gasteiger partial charge on any atom is -0.454 e. The van der Waals surface area contributed by atoms with Gasteiger partial charge in [-0.15, -0.1) is 0 Å². The summed E-state index contributed by atoms with van der Waals surface area (Å²) in [4.78, 5) is 0. The lowest BCUT2D eigenvalue weighted by Gasteiger charge is -2.22. The zero-order valence-corrected chi connectivity index (χ0v) is 12.2. The van der Waals surface area contributed by atoms with Gasteiger partial charge in [-0.2, -0.15) is 0 Å². The zero-order chi connectivity index (χ0) is 13.9. The maximum absolute atomic E-state index is 5.64. The maximum atomic E-state index is 5.64. The van der Waals surface area contributed by atoms with E-state index in [1.54, 1.807) is 0 Å². The van der Waals surface area contributed by atoms with E-state index in [1.807, 2.05) is 18.2 Å². The van der Waals surface area contributed by atoms with Crippen LogP contribution in [0.5, 0.6) is 11.5 Å². The van der Waals surface area contributed by atoms with Gasteiger partial charge in [0.05, 0.1) is 12.1 Å². The summed E-state index contributed by atoms with van der Waals surface area (Å²) in [5.74, 6) is 1.51. The molecule has 0 bridgehead atoms. The predicted octanol–water partition coefficient (Wildman–Crippen LogP) is 2.27. The van der Waals surface area contributed by atoms with Crippen molar-refractivity contribution in [2.45, 2.75) is 31.9 Å². The molecule has 5 nitrogen and oxygen atoms in total. The molecule has 0 aromatic heterocycles. The summed E-state index contributed by atoms with van der Waals surface area (Å²) in [6.07, 6.45) is 2.45. The van der Waals surface area contributed by atoms with E-state index in [2.05, 4.69) is 17.6 Å². The second-order valence-electron chi connectivity index (χ2n) is 5.01. The van der Waals surface area contributed by atoms with Crippen molar-refractivity contribution in [3.05, 3.63) is 18.2 Å². The van der Waals surface area contributed by atoms with Crippen molar-refractivity contribution in [3.63, 3.8) is 0 Å². The summed E-state index contributed by atoms with van der Waals surface area (Å²) in [6, 6.07) is 5.87. The van der Waals surface area contributed by atoms with E-state index in [1.165, 1.54) is 0 Å². The number of benzene rings is 1. The van der Waals surface area contributed by atoms with Gasteiger partial charge in [0.2, 0.25) is 6.79 Å². The van der Waals surface area contributed by atoms with Gasteiger partial charge in [-0.1, -0.05) is 0 Å². The largest absolute Gasteiger partial charge is 0.454 e. The van der Waals surface area contributed by atoms with Crippen LogP contribution in [-0.2, 0) is 4.74 Å². The first-order chi connectivity index (χ1) is 9.72. The van der Waals surface area contributed by atoms with Crippen LogP contribution < -0.4 is 20.1 Å². The van der Waals surface area contributed by atoms with Crippen molar-refractivity contribution in [3.8, 4) is 11.5 Å². The highest BCUT2D eigenvalue weighted by molar-refractivity contribution is 7.80. The molecule has 0 saturated carbocycles. The molecular formula is C14H18N2O3S. The maximum Gasteiger partial charge on any atom is 0.231 e. The van der Waals surface area contributed by atoms with Crippen molar-refractivity contribution in [2.24, 2.45) is 0 Å². The lowest BCUT2D eigenvalue weighted by Crippen LogP contribution is -2.42. The molecule has 2 heterocycles. The highest BCUT2D eigenvalue weighted by Crippen LogP contribution is 2.34. The molecule has 2 aliphatic rings. The Labute approximate surface area is 123 Å². The van der Waals surface area contributed by atoms with Crippen LogP contribution in [0.3, 0.4) is 0 Å². The van der Waals surface area contributed by atoms with Crippen molar-refractivity contribution in [1.82, 2.24) is 5.32 Å². The van der Waals surface area contributed by atoms with Gasteiger partial charge in [0.25, 0.3) is 0 Å². The van der Waals surface area contributed by atoms with Gasteiger partial charge >= 0.3 is 0 Å². The molecular weight excluding hydrogens is 276 g/mol. The van der Waals surface area contributed by atoms with Crippen molar-refractivity contribution < 1.29 is 14.2 Å². The SMILES string of the molecule is C[C@@H](NC(=S)Nc1ccc2c(c1)OCO2)[C@H]1CCCO1. The fraction of sp³-hybridized carbons (Fsp3) is 0.500. The first kappa shape index (κ1) is 13.5. The number of hydrogen-bond donors (Lipinski definition) is 2. The molecule has 108 valence electrons. The highest BCUT2D eigenvalue weighted by atomic mass is 32.1. The number of thiocarbonyl (C=S) groups is 1. The smallest absolute Gasteiger partial charge is 0.231 e. The minimum absolute atomic E-state index is 0.200. The van der Waals surface area contributed by atoms with Gasteiger partial charge in [-0.05, 0) is 44.1 Å². The summed E-state index contributed by atoms with van der Waals surface area (Å²) in [7, 11) is 0. The van der Waals surface area contributed by atoms with E-state index in [-0.39, 0.29) is 18.9 Å². The molecule has 6 heteroatoms. The Bertz CT molecular complexity index is 503. The van der Waals surface area contributed by atoms with Gasteiger partial charge in [-0.25, -0.2) is 0 Å². The first-order valence-corrected chi connectivity index (χ1v) is 7.22. The van der Waals surface area contributed by atoms with Crippen LogP contribution in [0.1, 0.15) is 19.8 Å². The Morgan fingerprint density at radius 1 is 1.35 bits per heavy atom. The van der Waals surface area contributed by atoms with Crippen molar-refractivity contribution >= 4 is 23.0 Å². The Kier molecular flexibility index (Phi) is 3.93. The van der Waals surface area contributed by atoms with Crippen LogP contribution in [0.2, 0.25) is 0 Å². The van der Waals surface area contributed by atoms with E-state index in [4.69, 9.17) is 26.4 Å². The molecule has 1 aromatic rings. The molecule has 1 fully saturated rings. The molecule has 1 saturated heterocycles. The molecule has 0 spiro atoms. The van der Waals surface area contributed by atoms with Crippen LogP contribution in [0.15, 0.2) is 18.2 Å². The quantitative estimate of drug-likeness (QED) is 0.834. The number of fused-ring (bicyclic) bond motifs is 1. The summed E-state index contributed by atoms with van der Waals surface area (Å²) < 4.78 is 16.3. The Morgan fingerprint density at radius 3 is 3.00 bits per heavy atom. The molecule has 2 atom stereocenters. The van der Waals surface area contributed by atoms with E-state index >= 15 is 0 Å².